The van der Waals surface area contributed by atoms with E-state index in [0.29, 0.717) is 18.9 Å². The van der Waals surface area contributed by atoms with Gasteiger partial charge in [-0.3, -0.25) is 4.79 Å². The second-order valence-corrected chi connectivity index (χ2v) is 8.65. The van der Waals surface area contributed by atoms with E-state index in [9.17, 15) is 4.79 Å². The number of ether oxygens (including phenoxy) is 1. The van der Waals surface area contributed by atoms with Crippen LogP contribution in [0.15, 0.2) is 85.1 Å². The zero-order valence-electron chi connectivity index (χ0n) is 18.9. The van der Waals surface area contributed by atoms with E-state index in [4.69, 9.17) is 4.74 Å². The van der Waals surface area contributed by atoms with Gasteiger partial charge in [0.15, 0.2) is 0 Å². The lowest BCUT2D eigenvalue weighted by Crippen LogP contribution is -2.28. The van der Waals surface area contributed by atoms with Gasteiger partial charge in [-0.1, -0.05) is 62.4 Å². The maximum Gasteiger partial charge on any atom is 0.220 e. The van der Waals surface area contributed by atoms with Crippen LogP contribution in [0.25, 0.3) is 10.9 Å². The smallest absolute Gasteiger partial charge is 0.220 e. The largest absolute Gasteiger partial charge is 0.457 e. The zero-order valence-corrected chi connectivity index (χ0v) is 18.9. The minimum atomic E-state index is -0.0763. The van der Waals surface area contributed by atoms with Crippen molar-refractivity contribution in [1.29, 1.82) is 0 Å². The first-order valence-electron chi connectivity index (χ1n) is 11.1. The summed E-state index contributed by atoms with van der Waals surface area (Å²) >= 11 is 0. The molecule has 0 radical (unpaired) electrons. The second kappa shape index (κ2) is 9.73. The quantitative estimate of drug-likeness (QED) is 0.361. The number of carbonyl (C=O) groups excluding carboxylic acids is 1. The molecule has 1 aromatic heterocycles. The molecule has 4 heteroatoms. The van der Waals surface area contributed by atoms with Gasteiger partial charge in [-0.05, 0) is 47.4 Å². The number of amides is 1. The van der Waals surface area contributed by atoms with Gasteiger partial charge in [-0.15, -0.1) is 0 Å². The number of para-hydroxylation sites is 2. The van der Waals surface area contributed by atoms with Crippen LogP contribution in [-0.2, 0) is 11.8 Å². The highest BCUT2D eigenvalue weighted by atomic mass is 16.5. The van der Waals surface area contributed by atoms with E-state index in [2.05, 4.69) is 67.3 Å². The molecular weight excluding hydrogens is 396 g/mol. The minimum absolute atomic E-state index is 0.0611. The van der Waals surface area contributed by atoms with E-state index < -0.39 is 0 Å². The van der Waals surface area contributed by atoms with Crippen molar-refractivity contribution in [1.82, 2.24) is 9.88 Å². The standard InChI is InChI=1S/C28H30N2O2/c1-20(2)18-29-28(31)17-25(26-19-30(3)27-15-8-7-14-24(26)27)21-10-9-13-23(16-21)32-22-11-5-4-6-12-22/h4-16,19-20,25H,17-18H2,1-3H3,(H,29,31)/t25-/m1/s1. The highest BCUT2D eigenvalue weighted by molar-refractivity contribution is 5.86. The molecule has 0 unspecified atom stereocenters. The number of carbonyl (C=O) groups is 1. The second-order valence-electron chi connectivity index (χ2n) is 8.65. The summed E-state index contributed by atoms with van der Waals surface area (Å²) in [6, 6.07) is 26.2. The molecule has 0 saturated heterocycles. The molecule has 32 heavy (non-hydrogen) atoms. The number of rotatable bonds is 8. The maximum atomic E-state index is 12.9. The average Bonchev–Trinajstić information content (AvgIpc) is 3.13. The molecule has 1 N–H and O–H groups in total. The predicted molar refractivity (Wildman–Crippen MR) is 130 cm³/mol. The van der Waals surface area contributed by atoms with E-state index in [0.717, 1.165) is 28.1 Å². The number of nitrogens with zero attached hydrogens (tertiary/aromatic N) is 1. The fourth-order valence-corrected chi connectivity index (χ4v) is 4.05. The Morgan fingerprint density at radius 2 is 1.66 bits per heavy atom. The molecule has 4 nitrogen and oxygen atoms in total. The van der Waals surface area contributed by atoms with Gasteiger partial charge in [0.25, 0.3) is 0 Å². The van der Waals surface area contributed by atoms with E-state index in [1.54, 1.807) is 0 Å². The van der Waals surface area contributed by atoms with Crippen LogP contribution in [0, 0.1) is 5.92 Å². The maximum absolute atomic E-state index is 12.9. The van der Waals surface area contributed by atoms with E-state index in [1.165, 1.54) is 5.39 Å². The Kier molecular flexibility index (Phi) is 6.60. The number of aryl methyl sites for hydroxylation is 1. The fraction of sp³-hybridized carbons (Fsp3) is 0.250. The number of aromatic nitrogens is 1. The van der Waals surface area contributed by atoms with Gasteiger partial charge in [0, 0.05) is 43.0 Å². The Morgan fingerprint density at radius 1 is 0.938 bits per heavy atom. The zero-order chi connectivity index (χ0) is 22.5. The molecule has 0 aliphatic rings. The van der Waals surface area contributed by atoms with Crippen LogP contribution in [-0.4, -0.2) is 17.0 Å². The SMILES string of the molecule is CC(C)CNC(=O)C[C@H](c1cccc(Oc2ccccc2)c1)c1cn(C)c2ccccc12. The van der Waals surface area contributed by atoms with Gasteiger partial charge in [0.05, 0.1) is 0 Å². The van der Waals surface area contributed by atoms with Gasteiger partial charge in [0.1, 0.15) is 11.5 Å². The number of benzene rings is 3. The normalized spacial score (nSPS) is 12.1. The summed E-state index contributed by atoms with van der Waals surface area (Å²) in [4.78, 5) is 12.9. The van der Waals surface area contributed by atoms with E-state index in [-0.39, 0.29) is 11.8 Å². The van der Waals surface area contributed by atoms with E-state index in [1.807, 2.05) is 48.5 Å². The Hall–Kier alpha value is -3.53. The lowest BCUT2D eigenvalue weighted by Gasteiger charge is -2.19. The van der Waals surface area contributed by atoms with Crippen LogP contribution in [0.1, 0.15) is 37.3 Å². The summed E-state index contributed by atoms with van der Waals surface area (Å²) in [7, 11) is 2.05. The molecule has 0 saturated carbocycles. The summed E-state index contributed by atoms with van der Waals surface area (Å²) in [5.41, 5.74) is 3.38. The van der Waals surface area contributed by atoms with Crippen LogP contribution < -0.4 is 10.1 Å². The van der Waals surface area contributed by atoms with Crippen LogP contribution in [0.2, 0.25) is 0 Å². The first-order valence-corrected chi connectivity index (χ1v) is 11.1. The van der Waals surface area contributed by atoms with Crippen LogP contribution in [0.5, 0.6) is 11.5 Å². The van der Waals surface area contributed by atoms with Gasteiger partial charge in [0.2, 0.25) is 5.91 Å². The third-order valence-corrected chi connectivity index (χ3v) is 5.64. The number of fused-ring (bicyclic) bond motifs is 1. The van der Waals surface area contributed by atoms with Crippen LogP contribution >= 0.6 is 0 Å². The number of nitrogens with one attached hydrogen (secondary N) is 1. The van der Waals surface area contributed by atoms with E-state index >= 15 is 0 Å². The Morgan fingerprint density at radius 3 is 2.44 bits per heavy atom. The Balaban J connectivity index is 1.70. The van der Waals surface area contributed by atoms with Crippen molar-refractivity contribution in [2.45, 2.75) is 26.2 Å². The first-order chi connectivity index (χ1) is 15.5. The minimum Gasteiger partial charge on any atom is -0.457 e. The highest BCUT2D eigenvalue weighted by Gasteiger charge is 2.23. The van der Waals surface area contributed by atoms with Crippen molar-refractivity contribution >= 4 is 16.8 Å². The molecule has 164 valence electrons. The average molecular weight is 427 g/mol. The number of hydrogen-bond donors (Lipinski definition) is 1. The number of hydrogen-bond acceptors (Lipinski definition) is 2. The van der Waals surface area contributed by atoms with Crippen molar-refractivity contribution in [2.24, 2.45) is 13.0 Å². The lowest BCUT2D eigenvalue weighted by atomic mass is 9.88. The molecule has 0 fully saturated rings. The first kappa shape index (κ1) is 21.7. The molecule has 3 aromatic carbocycles. The topological polar surface area (TPSA) is 43.3 Å². The summed E-state index contributed by atoms with van der Waals surface area (Å²) in [6.45, 7) is 4.89. The monoisotopic (exact) mass is 426 g/mol. The van der Waals surface area contributed by atoms with Gasteiger partial charge in [-0.2, -0.15) is 0 Å². The summed E-state index contributed by atoms with van der Waals surface area (Å²) in [5.74, 6) is 1.96. The molecule has 4 aromatic rings. The van der Waals surface area contributed by atoms with Crippen LogP contribution in [0.4, 0.5) is 0 Å². The fourth-order valence-electron chi connectivity index (χ4n) is 4.05. The predicted octanol–water partition coefficient (Wildman–Crippen LogP) is 6.26. The molecule has 1 heterocycles. The molecule has 0 bridgehead atoms. The molecule has 1 atom stereocenters. The molecule has 0 spiro atoms. The Labute approximate surface area is 189 Å². The third kappa shape index (κ3) is 5.02. The van der Waals surface area contributed by atoms with Crippen molar-refractivity contribution in [3.8, 4) is 11.5 Å². The molecule has 4 rings (SSSR count). The third-order valence-electron chi connectivity index (χ3n) is 5.64. The highest BCUT2D eigenvalue weighted by Crippen LogP contribution is 2.36. The van der Waals surface area contributed by atoms with Gasteiger partial charge >= 0.3 is 0 Å². The molecule has 0 aliphatic carbocycles. The van der Waals surface area contributed by atoms with Gasteiger partial charge < -0.3 is 14.6 Å². The van der Waals surface area contributed by atoms with Crippen LogP contribution in [0.3, 0.4) is 0 Å². The van der Waals surface area contributed by atoms with Crippen molar-refractivity contribution in [2.75, 3.05) is 6.54 Å². The molecule has 1 amide bonds. The summed E-state index contributed by atoms with van der Waals surface area (Å²) in [5, 5.41) is 4.26. The summed E-state index contributed by atoms with van der Waals surface area (Å²) < 4.78 is 8.21. The van der Waals surface area contributed by atoms with Crippen molar-refractivity contribution < 1.29 is 9.53 Å². The van der Waals surface area contributed by atoms with Crippen molar-refractivity contribution in [3.05, 3.63) is 96.2 Å². The molecular formula is C28H30N2O2. The lowest BCUT2D eigenvalue weighted by molar-refractivity contribution is -0.121. The summed E-state index contributed by atoms with van der Waals surface area (Å²) in [6.07, 6.45) is 2.53. The Bertz CT molecular complexity index is 1190. The van der Waals surface area contributed by atoms with Crippen molar-refractivity contribution in [3.63, 3.8) is 0 Å². The molecule has 0 aliphatic heterocycles. The van der Waals surface area contributed by atoms with Gasteiger partial charge in [-0.25, -0.2) is 0 Å².